The van der Waals surface area contributed by atoms with Crippen molar-refractivity contribution in [2.45, 2.75) is 13.1 Å². The first kappa shape index (κ1) is 11.0. The van der Waals surface area contributed by atoms with E-state index in [1.165, 1.54) is 0 Å². The molecule has 0 aromatic carbocycles. The second-order valence-corrected chi connectivity index (χ2v) is 3.29. The van der Waals surface area contributed by atoms with E-state index >= 15 is 0 Å². The van der Waals surface area contributed by atoms with Crippen molar-refractivity contribution in [3.63, 3.8) is 0 Å². The maximum absolute atomic E-state index is 10.6. The van der Waals surface area contributed by atoms with Crippen LogP contribution in [0.5, 0.6) is 0 Å². The van der Waals surface area contributed by atoms with E-state index in [9.17, 15) is 4.79 Å². The van der Waals surface area contributed by atoms with Gasteiger partial charge >= 0.3 is 5.97 Å². The molecule has 78 valence electrons. The first-order chi connectivity index (χ1) is 6.16. The normalized spacial score (nSPS) is 15.8. The van der Waals surface area contributed by atoms with Crippen LogP contribution in [-0.2, 0) is 13.1 Å². The van der Waals surface area contributed by atoms with Crippen LogP contribution in [0.4, 0.5) is 0 Å². The van der Waals surface area contributed by atoms with Gasteiger partial charge in [-0.05, 0) is 13.1 Å². The van der Waals surface area contributed by atoms with Gasteiger partial charge in [-0.1, -0.05) is 0 Å². The van der Waals surface area contributed by atoms with Gasteiger partial charge in [0.2, 0.25) is 0 Å². The SMILES string of the molecule is CN1CCn2nc(C(=O)O)cc2C1.Cl. The Morgan fingerprint density at radius 2 is 2.29 bits per heavy atom. The molecule has 1 aliphatic heterocycles. The summed E-state index contributed by atoms with van der Waals surface area (Å²) in [5.74, 6) is -0.954. The highest BCUT2D eigenvalue weighted by Gasteiger charge is 2.17. The van der Waals surface area contributed by atoms with Crippen molar-refractivity contribution >= 4 is 18.4 Å². The number of aromatic carboxylic acids is 1. The molecule has 0 amide bonds. The van der Waals surface area contributed by atoms with Crippen molar-refractivity contribution in [1.82, 2.24) is 14.7 Å². The van der Waals surface area contributed by atoms with Gasteiger partial charge in [0.05, 0.1) is 12.2 Å². The van der Waals surface area contributed by atoms with Crippen LogP contribution < -0.4 is 0 Å². The van der Waals surface area contributed by atoms with Crippen molar-refractivity contribution in [2.75, 3.05) is 13.6 Å². The summed E-state index contributed by atoms with van der Waals surface area (Å²) in [6, 6.07) is 1.64. The van der Waals surface area contributed by atoms with E-state index < -0.39 is 5.97 Å². The first-order valence-corrected chi connectivity index (χ1v) is 4.15. The summed E-state index contributed by atoms with van der Waals surface area (Å²) in [4.78, 5) is 12.8. The molecule has 0 unspecified atom stereocenters. The van der Waals surface area contributed by atoms with Gasteiger partial charge in [0.1, 0.15) is 0 Å². The standard InChI is InChI=1S/C8H11N3O2.ClH/c1-10-2-3-11-6(5-10)4-7(9-11)8(12)13;/h4H,2-3,5H2,1H3,(H,12,13);1H. The van der Waals surface area contributed by atoms with Crippen molar-refractivity contribution in [3.05, 3.63) is 17.5 Å². The minimum atomic E-state index is -0.954. The summed E-state index contributed by atoms with van der Waals surface area (Å²) < 4.78 is 1.77. The molecular formula is C8H12ClN3O2. The monoisotopic (exact) mass is 217 g/mol. The number of carboxylic acids is 1. The summed E-state index contributed by atoms with van der Waals surface area (Å²) in [5, 5.41) is 12.7. The molecule has 14 heavy (non-hydrogen) atoms. The smallest absolute Gasteiger partial charge is 0.356 e. The van der Waals surface area contributed by atoms with E-state index in [-0.39, 0.29) is 18.1 Å². The largest absolute Gasteiger partial charge is 0.476 e. The van der Waals surface area contributed by atoms with Crippen molar-refractivity contribution in [1.29, 1.82) is 0 Å². The zero-order chi connectivity index (χ0) is 9.42. The van der Waals surface area contributed by atoms with Gasteiger partial charge in [0.25, 0.3) is 0 Å². The van der Waals surface area contributed by atoms with E-state index in [4.69, 9.17) is 5.11 Å². The van der Waals surface area contributed by atoms with Gasteiger partial charge in [0, 0.05) is 13.1 Å². The number of carbonyl (C=O) groups is 1. The number of nitrogens with zero attached hydrogens (tertiary/aromatic N) is 3. The lowest BCUT2D eigenvalue weighted by Crippen LogP contribution is -2.30. The Morgan fingerprint density at radius 3 is 2.93 bits per heavy atom. The summed E-state index contributed by atoms with van der Waals surface area (Å²) in [6.45, 7) is 2.48. The second kappa shape index (κ2) is 3.98. The number of carboxylic acid groups (broad SMARTS) is 1. The quantitative estimate of drug-likeness (QED) is 0.742. The van der Waals surface area contributed by atoms with Crippen molar-refractivity contribution in [3.8, 4) is 0 Å². The van der Waals surface area contributed by atoms with E-state index in [2.05, 4.69) is 10.00 Å². The maximum Gasteiger partial charge on any atom is 0.356 e. The number of halogens is 1. The van der Waals surface area contributed by atoms with Gasteiger partial charge < -0.3 is 5.11 Å². The minimum Gasteiger partial charge on any atom is -0.476 e. The van der Waals surface area contributed by atoms with Crippen LogP contribution in [-0.4, -0.2) is 39.3 Å². The predicted molar refractivity (Wildman–Crippen MR) is 52.8 cm³/mol. The molecule has 0 atom stereocenters. The fourth-order valence-corrected chi connectivity index (χ4v) is 1.50. The Morgan fingerprint density at radius 1 is 1.57 bits per heavy atom. The molecule has 1 N–H and O–H groups in total. The van der Waals surface area contributed by atoms with E-state index in [0.717, 1.165) is 25.3 Å². The van der Waals surface area contributed by atoms with E-state index in [1.54, 1.807) is 10.7 Å². The zero-order valence-corrected chi connectivity index (χ0v) is 8.62. The van der Waals surface area contributed by atoms with Crippen molar-refractivity contribution < 1.29 is 9.90 Å². The van der Waals surface area contributed by atoms with Crippen LogP contribution in [0, 0.1) is 0 Å². The molecule has 0 bridgehead atoms. The number of likely N-dealkylation sites (N-methyl/N-ethyl adjacent to an activating group) is 1. The molecule has 2 heterocycles. The van der Waals surface area contributed by atoms with Crippen LogP contribution in [0.3, 0.4) is 0 Å². The Balaban J connectivity index is 0.000000980. The summed E-state index contributed by atoms with van der Waals surface area (Å²) >= 11 is 0. The lowest BCUT2D eigenvalue weighted by molar-refractivity contribution is 0.0689. The third kappa shape index (κ3) is 1.88. The molecule has 1 aromatic rings. The maximum atomic E-state index is 10.6. The van der Waals surface area contributed by atoms with Crippen LogP contribution in [0.15, 0.2) is 6.07 Å². The van der Waals surface area contributed by atoms with Crippen LogP contribution in [0.1, 0.15) is 16.2 Å². The van der Waals surface area contributed by atoms with Crippen LogP contribution in [0.25, 0.3) is 0 Å². The molecule has 1 aliphatic rings. The Hall–Kier alpha value is -1.07. The van der Waals surface area contributed by atoms with E-state index in [0.29, 0.717) is 0 Å². The molecule has 0 spiro atoms. The van der Waals surface area contributed by atoms with E-state index in [1.807, 2.05) is 7.05 Å². The Bertz CT molecular complexity index is 350. The third-order valence-electron chi connectivity index (χ3n) is 2.21. The second-order valence-electron chi connectivity index (χ2n) is 3.29. The summed E-state index contributed by atoms with van der Waals surface area (Å²) in [7, 11) is 2.01. The average Bonchev–Trinajstić information content (AvgIpc) is 2.46. The van der Waals surface area contributed by atoms with Gasteiger partial charge in [0.15, 0.2) is 5.69 Å². The number of hydrogen-bond acceptors (Lipinski definition) is 3. The molecular weight excluding hydrogens is 206 g/mol. The van der Waals surface area contributed by atoms with Gasteiger partial charge in [-0.25, -0.2) is 4.79 Å². The number of aromatic nitrogens is 2. The summed E-state index contributed by atoms with van der Waals surface area (Å²) in [6.07, 6.45) is 0. The predicted octanol–water partition coefficient (Wildman–Crippen LogP) is 0.448. The van der Waals surface area contributed by atoms with Crippen LogP contribution in [0.2, 0.25) is 0 Å². The molecule has 0 aliphatic carbocycles. The average molecular weight is 218 g/mol. The lowest BCUT2D eigenvalue weighted by atomic mass is 10.3. The molecule has 5 nitrogen and oxygen atoms in total. The molecule has 0 saturated carbocycles. The molecule has 1 aromatic heterocycles. The number of fused-ring (bicyclic) bond motifs is 1. The number of hydrogen-bond donors (Lipinski definition) is 1. The minimum absolute atomic E-state index is 0. The fraction of sp³-hybridized carbons (Fsp3) is 0.500. The van der Waals surface area contributed by atoms with Crippen LogP contribution >= 0.6 is 12.4 Å². The molecule has 0 fully saturated rings. The highest BCUT2D eigenvalue weighted by atomic mass is 35.5. The fourth-order valence-electron chi connectivity index (χ4n) is 1.50. The molecule has 6 heteroatoms. The lowest BCUT2D eigenvalue weighted by Gasteiger charge is -2.22. The first-order valence-electron chi connectivity index (χ1n) is 4.15. The topological polar surface area (TPSA) is 58.4 Å². The van der Waals surface area contributed by atoms with Gasteiger partial charge in [-0.15, -0.1) is 12.4 Å². The number of rotatable bonds is 1. The third-order valence-corrected chi connectivity index (χ3v) is 2.21. The highest BCUT2D eigenvalue weighted by molar-refractivity contribution is 5.85. The van der Waals surface area contributed by atoms with Crippen molar-refractivity contribution in [2.24, 2.45) is 0 Å². The Labute approximate surface area is 87.7 Å². The Kier molecular flexibility index (Phi) is 3.13. The zero-order valence-electron chi connectivity index (χ0n) is 7.80. The summed E-state index contributed by atoms with van der Waals surface area (Å²) in [5.41, 5.74) is 1.12. The van der Waals surface area contributed by atoms with Gasteiger partial charge in [-0.2, -0.15) is 5.10 Å². The highest BCUT2D eigenvalue weighted by Crippen LogP contribution is 2.11. The molecule has 0 saturated heterocycles. The molecule has 0 radical (unpaired) electrons. The van der Waals surface area contributed by atoms with Gasteiger partial charge in [-0.3, -0.25) is 9.58 Å². The molecule has 2 rings (SSSR count).